The third-order valence-corrected chi connectivity index (χ3v) is 3.94. The number of carbonyl (C=O) groups is 1. The van der Waals surface area contributed by atoms with Crippen LogP contribution in [-0.2, 0) is 4.79 Å². The van der Waals surface area contributed by atoms with Gasteiger partial charge in [-0.15, -0.1) is 0 Å². The van der Waals surface area contributed by atoms with E-state index in [2.05, 4.69) is 15.5 Å². The first-order valence-electron chi connectivity index (χ1n) is 6.65. The van der Waals surface area contributed by atoms with Gasteiger partial charge in [0.05, 0.1) is 16.8 Å². The second kappa shape index (κ2) is 6.37. The number of imidazole rings is 1. The van der Waals surface area contributed by atoms with E-state index in [1.54, 1.807) is 37.3 Å². The van der Waals surface area contributed by atoms with E-state index in [1.165, 1.54) is 0 Å². The van der Waals surface area contributed by atoms with Crippen molar-refractivity contribution in [1.82, 2.24) is 14.7 Å². The van der Waals surface area contributed by atoms with E-state index in [4.69, 9.17) is 4.52 Å². The molecule has 0 aliphatic rings. The maximum Gasteiger partial charge on any atom is 0.321 e. The average Bonchev–Trinajstić information content (AvgIpc) is 3.08. The summed E-state index contributed by atoms with van der Waals surface area (Å²) >= 11 is 0.937. The lowest BCUT2D eigenvalue weighted by atomic mass is 10.3. The van der Waals surface area contributed by atoms with Crippen molar-refractivity contribution in [3.63, 3.8) is 0 Å². The number of para-hydroxylation sites is 2. The first-order valence-corrected chi connectivity index (χ1v) is 7.64. The number of hydrogen-bond donors (Lipinski definition) is 1. The van der Waals surface area contributed by atoms with Crippen LogP contribution in [0.1, 0.15) is 12.3 Å². The van der Waals surface area contributed by atoms with Crippen molar-refractivity contribution in [2.45, 2.75) is 18.6 Å². The predicted octanol–water partition coefficient (Wildman–Crippen LogP) is 3.46. The fourth-order valence-corrected chi connectivity index (χ4v) is 2.86. The van der Waals surface area contributed by atoms with Gasteiger partial charge in [-0.1, -0.05) is 29.1 Å². The van der Waals surface area contributed by atoms with Crippen LogP contribution in [0.4, 0.5) is 14.6 Å². The van der Waals surface area contributed by atoms with Crippen molar-refractivity contribution in [1.29, 1.82) is 0 Å². The third kappa shape index (κ3) is 3.34. The molecule has 0 atom stereocenters. The van der Waals surface area contributed by atoms with Crippen LogP contribution < -0.4 is 5.32 Å². The minimum Gasteiger partial charge on any atom is -0.360 e. The molecular formula is C14H12F2N4O2S. The summed E-state index contributed by atoms with van der Waals surface area (Å²) in [6.07, 6.45) is 0. The molecule has 1 amide bonds. The standard InChI is InChI=1S/C14H12F2N4O2S/c1-8-6-11(19-22-8)18-12(21)7-23-14-17-9-4-2-3-5-10(9)20(14)13(15)16/h2-6,13H,7H2,1H3,(H,18,19,21). The molecule has 0 spiro atoms. The van der Waals surface area contributed by atoms with Crippen molar-refractivity contribution < 1.29 is 18.1 Å². The van der Waals surface area contributed by atoms with Crippen LogP contribution >= 0.6 is 11.8 Å². The highest BCUT2D eigenvalue weighted by Crippen LogP contribution is 2.29. The number of anilines is 1. The van der Waals surface area contributed by atoms with Crippen molar-refractivity contribution >= 4 is 34.5 Å². The van der Waals surface area contributed by atoms with E-state index in [1.807, 2.05) is 0 Å². The molecule has 3 aromatic rings. The Bertz CT molecular complexity index is 846. The smallest absolute Gasteiger partial charge is 0.321 e. The van der Waals surface area contributed by atoms with Crippen LogP contribution in [0.25, 0.3) is 11.0 Å². The Kier molecular flexibility index (Phi) is 4.28. The van der Waals surface area contributed by atoms with Gasteiger partial charge < -0.3 is 9.84 Å². The SMILES string of the molecule is Cc1cc(NC(=O)CSc2nc3ccccc3n2C(F)F)no1. The highest BCUT2D eigenvalue weighted by atomic mass is 32.2. The number of benzene rings is 1. The number of fused-ring (bicyclic) bond motifs is 1. The molecular weight excluding hydrogens is 326 g/mol. The summed E-state index contributed by atoms with van der Waals surface area (Å²) in [4.78, 5) is 16.0. The molecule has 0 saturated carbocycles. The van der Waals surface area contributed by atoms with Crippen LogP contribution in [0.3, 0.4) is 0 Å². The number of amides is 1. The van der Waals surface area contributed by atoms with E-state index in [0.717, 1.165) is 16.3 Å². The highest BCUT2D eigenvalue weighted by molar-refractivity contribution is 7.99. The van der Waals surface area contributed by atoms with Crippen LogP contribution in [0.5, 0.6) is 0 Å². The van der Waals surface area contributed by atoms with Crippen molar-refractivity contribution in [3.8, 4) is 0 Å². The zero-order valence-corrected chi connectivity index (χ0v) is 12.8. The molecule has 0 aliphatic heterocycles. The van der Waals surface area contributed by atoms with Gasteiger partial charge in [-0.25, -0.2) is 4.98 Å². The second-order valence-electron chi connectivity index (χ2n) is 4.69. The molecule has 0 bridgehead atoms. The fraction of sp³-hybridized carbons (Fsp3) is 0.214. The molecule has 2 aromatic heterocycles. The quantitative estimate of drug-likeness (QED) is 0.721. The Balaban J connectivity index is 1.73. The first kappa shape index (κ1) is 15.5. The number of aryl methyl sites for hydroxylation is 1. The van der Waals surface area contributed by atoms with Crippen LogP contribution in [0.2, 0.25) is 0 Å². The molecule has 1 aromatic carbocycles. The van der Waals surface area contributed by atoms with Gasteiger partial charge in [0.2, 0.25) is 5.91 Å². The number of halogens is 2. The third-order valence-electron chi connectivity index (χ3n) is 2.99. The number of carbonyl (C=O) groups excluding carboxylic acids is 1. The van der Waals surface area contributed by atoms with Crippen LogP contribution in [-0.4, -0.2) is 26.4 Å². The number of nitrogens with one attached hydrogen (secondary N) is 1. The van der Waals surface area contributed by atoms with Gasteiger partial charge in [-0.05, 0) is 19.1 Å². The van der Waals surface area contributed by atoms with E-state index in [-0.39, 0.29) is 22.6 Å². The highest BCUT2D eigenvalue weighted by Gasteiger charge is 2.19. The van der Waals surface area contributed by atoms with Gasteiger partial charge in [0.25, 0.3) is 0 Å². The number of alkyl halides is 2. The lowest BCUT2D eigenvalue weighted by Gasteiger charge is -2.06. The Labute approximate surface area is 133 Å². The van der Waals surface area contributed by atoms with Gasteiger partial charge in [-0.2, -0.15) is 8.78 Å². The Morgan fingerprint density at radius 3 is 2.91 bits per heavy atom. The molecule has 0 radical (unpaired) electrons. The summed E-state index contributed by atoms with van der Waals surface area (Å²) < 4.78 is 32.1. The second-order valence-corrected chi connectivity index (χ2v) is 5.63. The molecule has 2 heterocycles. The predicted molar refractivity (Wildman–Crippen MR) is 81.6 cm³/mol. The van der Waals surface area contributed by atoms with Gasteiger partial charge >= 0.3 is 6.55 Å². The number of rotatable bonds is 5. The zero-order chi connectivity index (χ0) is 16.4. The Morgan fingerprint density at radius 1 is 1.43 bits per heavy atom. The fourth-order valence-electron chi connectivity index (χ4n) is 2.05. The van der Waals surface area contributed by atoms with E-state index in [0.29, 0.717) is 16.8 Å². The summed E-state index contributed by atoms with van der Waals surface area (Å²) in [6, 6.07) is 8.17. The van der Waals surface area contributed by atoms with Gasteiger partial charge in [0.15, 0.2) is 11.0 Å². The molecule has 1 N–H and O–H groups in total. The van der Waals surface area contributed by atoms with E-state index < -0.39 is 6.55 Å². The summed E-state index contributed by atoms with van der Waals surface area (Å²) in [6.45, 7) is -1.03. The normalized spacial score (nSPS) is 11.3. The molecule has 0 saturated heterocycles. The van der Waals surface area contributed by atoms with Crippen LogP contribution in [0.15, 0.2) is 40.0 Å². The molecule has 3 rings (SSSR count). The number of nitrogens with zero attached hydrogens (tertiary/aromatic N) is 3. The van der Waals surface area contributed by atoms with E-state index in [9.17, 15) is 13.6 Å². The van der Waals surface area contributed by atoms with Gasteiger partial charge in [0.1, 0.15) is 5.76 Å². The minimum atomic E-state index is -2.73. The minimum absolute atomic E-state index is 0.0675. The van der Waals surface area contributed by atoms with Gasteiger partial charge in [0, 0.05) is 6.07 Å². The molecule has 0 fully saturated rings. The van der Waals surface area contributed by atoms with E-state index >= 15 is 0 Å². The maximum absolute atomic E-state index is 13.3. The first-order chi connectivity index (χ1) is 11.0. The molecule has 0 unspecified atom stereocenters. The zero-order valence-electron chi connectivity index (χ0n) is 12.0. The van der Waals surface area contributed by atoms with Crippen molar-refractivity contribution in [2.75, 3.05) is 11.1 Å². The van der Waals surface area contributed by atoms with Gasteiger partial charge in [-0.3, -0.25) is 9.36 Å². The lowest BCUT2D eigenvalue weighted by Crippen LogP contribution is -2.14. The van der Waals surface area contributed by atoms with Crippen LogP contribution in [0, 0.1) is 6.92 Å². The molecule has 0 aliphatic carbocycles. The molecule has 120 valence electrons. The largest absolute Gasteiger partial charge is 0.360 e. The number of thioether (sulfide) groups is 1. The van der Waals surface area contributed by atoms with Crippen molar-refractivity contribution in [2.24, 2.45) is 0 Å². The average molecular weight is 338 g/mol. The topological polar surface area (TPSA) is 73.0 Å². The maximum atomic E-state index is 13.3. The van der Waals surface area contributed by atoms with Crippen molar-refractivity contribution in [3.05, 3.63) is 36.1 Å². The monoisotopic (exact) mass is 338 g/mol. The Morgan fingerprint density at radius 2 is 2.22 bits per heavy atom. The lowest BCUT2D eigenvalue weighted by molar-refractivity contribution is -0.113. The molecule has 9 heteroatoms. The Hall–Kier alpha value is -2.42. The molecule has 6 nitrogen and oxygen atoms in total. The number of aromatic nitrogens is 3. The number of hydrogen-bond acceptors (Lipinski definition) is 5. The summed E-state index contributed by atoms with van der Waals surface area (Å²) in [5.74, 6) is 0.404. The summed E-state index contributed by atoms with van der Waals surface area (Å²) in [5, 5.41) is 6.25. The summed E-state index contributed by atoms with van der Waals surface area (Å²) in [7, 11) is 0. The summed E-state index contributed by atoms with van der Waals surface area (Å²) in [5.41, 5.74) is 0.792. The molecule has 23 heavy (non-hydrogen) atoms.